The van der Waals surface area contributed by atoms with Crippen LogP contribution in [0.3, 0.4) is 0 Å². The molecular formula is C13H19N3. The first-order valence-electron chi connectivity index (χ1n) is 5.56. The van der Waals surface area contributed by atoms with Crippen LogP contribution in [0.1, 0.15) is 38.4 Å². The van der Waals surface area contributed by atoms with E-state index in [0.29, 0.717) is 5.69 Å². The molecule has 1 heterocycles. The maximum atomic E-state index is 8.96. The van der Waals surface area contributed by atoms with E-state index in [1.54, 1.807) is 6.20 Å². The summed E-state index contributed by atoms with van der Waals surface area (Å²) in [5, 5.41) is 8.96. The number of pyridine rings is 1. The molecule has 0 atom stereocenters. The molecule has 0 saturated carbocycles. The Morgan fingerprint density at radius 3 is 2.75 bits per heavy atom. The van der Waals surface area contributed by atoms with Gasteiger partial charge >= 0.3 is 0 Å². The third-order valence-corrected chi connectivity index (χ3v) is 3.30. The predicted octanol–water partition coefficient (Wildman–Crippen LogP) is 2.57. The van der Waals surface area contributed by atoms with Crippen LogP contribution in [0.25, 0.3) is 0 Å². The minimum absolute atomic E-state index is 0.141. The van der Waals surface area contributed by atoms with Crippen LogP contribution in [0.15, 0.2) is 18.3 Å². The quantitative estimate of drug-likeness (QED) is 0.778. The smallest absolute Gasteiger partial charge is 0.144 e. The highest BCUT2D eigenvalue weighted by molar-refractivity contribution is 5.30. The zero-order chi connectivity index (χ0) is 12.2. The van der Waals surface area contributed by atoms with Crippen molar-refractivity contribution in [2.45, 2.75) is 39.3 Å². The standard InChI is InChI=1S/C13H19N3/c1-5-13(2,3)16(4)10-11-7-6-8-15-12(11)9-14/h6-8H,5,10H2,1-4H3. The fraction of sp³-hybridized carbons (Fsp3) is 0.538. The molecule has 1 aromatic rings. The molecule has 0 spiro atoms. The molecule has 86 valence electrons. The summed E-state index contributed by atoms with van der Waals surface area (Å²) in [4.78, 5) is 6.33. The van der Waals surface area contributed by atoms with Crippen LogP contribution in [0.4, 0.5) is 0 Å². The van der Waals surface area contributed by atoms with Gasteiger partial charge in [0, 0.05) is 23.8 Å². The number of nitriles is 1. The number of rotatable bonds is 4. The molecule has 0 unspecified atom stereocenters. The Hall–Kier alpha value is -1.40. The summed E-state index contributed by atoms with van der Waals surface area (Å²) in [7, 11) is 2.08. The predicted molar refractivity (Wildman–Crippen MR) is 64.8 cm³/mol. The normalized spacial score (nSPS) is 11.5. The van der Waals surface area contributed by atoms with Gasteiger partial charge in [-0.15, -0.1) is 0 Å². The summed E-state index contributed by atoms with van der Waals surface area (Å²) in [5.41, 5.74) is 1.66. The third kappa shape index (κ3) is 2.80. The molecule has 3 nitrogen and oxygen atoms in total. The van der Waals surface area contributed by atoms with E-state index in [2.05, 4.69) is 43.8 Å². The second kappa shape index (κ2) is 5.09. The molecule has 0 aliphatic rings. The van der Waals surface area contributed by atoms with E-state index in [1.165, 1.54) is 0 Å². The van der Waals surface area contributed by atoms with E-state index in [1.807, 2.05) is 12.1 Å². The van der Waals surface area contributed by atoms with E-state index in [-0.39, 0.29) is 5.54 Å². The van der Waals surface area contributed by atoms with E-state index >= 15 is 0 Å². The minimum Gasteiger partial charge on any atom is -0.297 e. The highest BCUT2D eigenvalue weighted by Gasteiger charge is 2.21. The Bertz CT molecular complexity index is 390. The third-order valence-electron chi connectivity index (χ3n) is 3.30. The summed E-state index contributed by atoms with van der Waals surface area (Å²) < 4.78 is 0. The molecule has 0 aromatic carbocycles. The largest absolute Gasteiger partial charge is 0.297 e. The van der Waals surface area contributed by atoms with Crippen LogP contribution in [0, 0.1) is 11.3 Å². The average Bonchev–Trinajstić information content (AvgIpc) is 2.29. The molecule has 0 saturated heterocycles. The van der Waals surface area contributed by atoms with Gasteiger partial charge in [-0.05, 0) is 33.4 Å². The molecule has 1 aromatic heterocycles. The SMILES string of the molecule is CCC(C)(C)N(C)Cc1cccnc1C#N. The highest BCUT2D eigenvalue weighted by atomic mass is 15.2. The van der Waals surface area contributed by atoms with E-state index in [4.69, 9.17) is 5.26 Å². The van der Waals surface area contributed by atoms with Crippen LogP contribution in [-0.4, -0.2) is 22.5 Å². The van der Waals surface area contributed by atoms with Crippen molar-refractivity contribution in [1.82, 2.24) is 9.88 Å². The zero-order valence-corrected chi connectivity index (χ0v) is 10.5. The van der Waals surface area contributed by atoms with Crippen LogP contribution >= 0.6 is 0 Å². The monoisotopic (exact) mass is 217 g/mol. The Morgan fingerprint density at radius 1 is 1.50 bits per heavy atom. The van der Waals surface area contributed by atoms with Crippen LogP contribution in [-0.2, 0) is 6.54 Å². The first-order valence-corrected chi connectivity index (χ1v) is 5.56. The van der Waals surface area contributed by atoms with E-state index in [0.717, 1.165) is 18.5 Å². The van der Waals surface area contributed by atoms with Crippen LogP contribution in [0.2, 0.25) is 0 Å². The number of aromatic nitrogens is 1. The van der Waals surface area contributed by atoms with Crippen molar-refractivity contribution < 1.29 is 0 Å². The van der Waals surface area contributed by atoms with Crippen molar-refractivity contribution in [2.75, 3.05) is 7.05 Å². The molecule has 0 bridgehead atoms. The van der Waals surface area contributed by atoms with Gasteiger partial charge in [-0.2, -0.15) is 5.26 Å². The highest BCUT2D eigenvalue weighted by Crippen LogP contribution is 2.19. The van der Waals surface area contributed by atoms with Crippen molar-refractivity contribution in [3.05, 3.63) is 29.6 Å². The first kappa shape index (κ1) is 12.7. The topological polar surface area (TPSA) is 39.9 Å². The Kier molecular flexibility index (Phi) is 4.03. The van der Waals surface area contributed by atoms with E-state index in [9.17, 15) is 0 Å². The summed E-state index contributed by atoms with van der Waals surface area (Å²) >= 11 is 0. The van der Waals surface area contributed by atoms with E-state index < -0.39 is 0 Å². The molecule has 0 fully saturated rings. The molecule has 16 heavy (non-hydrogen) atoms. The van der Waals surface area contributed by atoms with Crippen LogP contribution in [0.5, 0.6) is 0 Å². The molecule has 0 N–H and O–H groups in total. The lowest BCUT2D eigenvalue weighted by Gasteiger charge is -2.34. The van der Waals surface area contributed by atoms with Gasteiger partial charge in [-0.3, -0.25) is 4.90 Å². The molecule has 0 amide bonds. The lowest BCUT2D eigenvalue weighted by atomic mass is 9.99. The zero-order valence-electron chi connectivity index (χ0n) is 10.5. The lowest BCUT2D eigenvalue weighted by molar-refractivity contribution is 0.143. The summed E-state index contributed by atoms with van der Waals surface area (Å²) in [6.07, 6.45) is 2.73. The summed E-state index contributed by atoms with van der Waals surface area (Å²) in [6.45, 7) is 7.34. The van der Waals surface area contributed by atoms with Crippen molar-refractivity contribution >= 4 is 0 Å². The Morgan fingerprint density at radius 2 is 2.19 bits per heavy atom. The second-order valence-corrected chi connectivity index (χ2v) is 4.64. The molecule has 0 aliphatic heterocycles. The van der Waals surface area contributed by atoms with Crippen molar-refractivity contribution in [1.29, 1.82) is 5.26 Å². The van der Waals surface area contributed by atoms with Crippen molar-refractivity contribution in [2.24, 2.45) is 0 Å². The average molecular weight is 217 g/mol. The molecule has 0 aliphatic carbocycles. The Balaban J connectivity index is 2.85. The van der Waals surface area contributed by atoms with Gasteiger partial charge in [0.05, 0.1) is 0 Å². The van der Waals surface area contributed by atoms with Crippen molar-refractivity contribution in [3.8, 4) is 6.07 Å². The summed E-state index contributed by atoms with van der Waals surface area (Å²) in [6, 6.07) is 5.98. The lowest BCUT2D eigenvalue weighted by Crippen LogP contribution is -2.40. The van der Waals surface area contributed by atoms with Gasteiger partial charge in [0.15, 0.2) is 0 Å². The molecule has 1 rings (SSSR count). The minimum atomic E-state index is 0.141. The second-order valence-electron chi connectivity index (χ2n) is 4.64. The van der Waals surface area contributed by atoms with Gasteiger partial charge in [-0.25, -0.2) is 4.98 Å². The van der Waals surface area contributed by atoms with Gasteiger partial charge in [0.25, 0.3) is 0 Å². The maximum Gasteiger partial charge on any atom is 0.144 e. The van der Waals surface area contributed by atoms with Gasteiger partial charge in [0.2, 0.25) is 0 Å². The first-order chi connectivity index (χ1) is 7.51. The number of nitrogens with zero attached hydrogens (tertiary/aromatic N) is 3. The fourth-order valence-electron chi connectivity index (χ4n) is 1.41. The fourth-order valence-corrected chi connectivity index (χ4v) is 1.41. The van der Waals surface area contributed by atoms with Gasteiger partial charge in [-0.1, -0.05) is 13.0 Å². The van der Waals surface area contributed by atoms with Gasteiger partial charge < -0.3 is 0 Å². The summed E-state index contributed by atoms with van der Waals surface area (Å²) in [5.74, 6) is 0. The molecular weight excluding hydrogens is 198 g/mol. The van der Waals surface area contributed by atoms with Crippen LogP contribution < -0.4 is 0 Å². The van der Waals surface area contributed by atoms with Gasteiger partial charge in [0.1, 0.15) is 11.8 Å². The Labute approximate surface area is 97.7 Å². The molecule has 3 heteroatoms. The van der Waals surface area contributed by atoms with Crippen molar-refractivity contribution in [3.63, 3.8) is 0 Å². The number of hydrogen-bond acceptors (Lipinski definition) is 3. The molecule has 0 radical (unpaired) electrons. The maximum absolute atomic E-state index is 8.96. The number of hydrogen-bond donors (Lipinski definition) is 0.